The fraction of sp³-hybridized carbons (Fsp3) is 0.100. The van der Waals surface area contributed by atoms with Crippen LogP contribution < -0.4 is 15.0 Å². The Morgan fingerprint density at radius 3 is 2.75 bits per heavy atom. The van der Waals surface area contributed by atoms with Gasteiger partial charge in [-0.2, -0.15) is 4.40 Å². The van der Waals surface area contributed by atoms with Gasteiger partial charge in [-0.1, -0.05) is 29.8 Å². The molecule has 7 nitrogen and oxygen atoms in total. The summed E-state index contributed by atoms with van der Waals surface area (Å²) in [5.41, 5.74) is 2.39. The summed E-state index contributed by atoms with van der Waals surface area (Å²) in [5.74, 6) is -0.532. The van der Waals surface area contributed by atoms with E-state index < -0.39 is 11.8 Å². The number of nitrogens with zero attached hydrogens (tertiary/aromatic N) is 4. The second-order valence-electron chi connectivity index (χ2n) is 6.33. The fourth-order valence-corrected chi connectivity index (χ4v) is 3.05. The van der Waals surface area contributed by atoms with Crippen LogP contribution in [0.2, 0.25) is 5.15 Å². The van der Waals surface area contributed by atoms with Gasteiger partial charge in [0, 0.05) is 24.0 Å². The van der Waals surface area contributed by atoms with E-state index in [1.54, 1.807) is 53.3 Å². The van der Waals surface area contributed by atoms with Gasteiger partial charge in [-0.05, 0) is 30.7 Å². The van der Waals surface area contributed by atoms with Gasteiger partial charge in [0.2, 0.25) is 5.69 Å². The summed E-state index contributed by atoms with van der Waals surface area (Å²) in [6, 6.07) is 12.4. The fourth-order valence-electron chi connectivity index (χ4n) is 2.94. The third-order valence-corrected chi connectivity index (χ3v) is 4.52. The molecule has 28 heavy (non-hydrogen) atoms. The number of anilines is 1. The number of aryl methyl sites for hydroxylation is 1. The van der Waals surface area contributed by atoms with Crippen LogP contribution in [0.5, 0.6) is 5.88 Å². The van der Waals surface area contributed by atoms with E-state index in [1.165, 1.54) is 4.57 Å². The molecule has 0 aliphatic carbocycles. The Labute approximate surface area is 165 Å². The maximum atomic E-state index is 13.1. The average molecular weight is 394 g/mol. The van der Waals surface area contributed by atoms with Gasteiger partial charge in [-0.25, -0.2) is 14.5 Å². The molecule has 4 heterocycles. The SMILES string of the molecule is Cc1ccc(NC(=O)c2c([O-])[n+](Cc3ccc(Cl)nc3)c3ccccn23)nc1. The lowest BCUT2D eigenvalue weighted by molar-refractivity contribution is -0.704. The highest BCUT2D eigenvalue weighted by molar-refractivity contribution is 6.29. The van der Waals surface area contributed by atoms with Crippen LogP contribution in [0.4, 0.5) is 5.82 Å². The number of halogens is 1. The Morgan fingerprint density at radius 2 is 2.04 bits per heavy atom. The van der Waals surface area contributed by atoms with E-state index >= 15 is 0 Å². The molecule has 0 spiro atoms. The molecule has 0 aromatic carbocycles. The van der Waals surface area contributed by atoms with E-state index in [-0.39, 0.29) is 12.2 Å². The van der Waals surface area contributed by atoms with Gasteiger partial charge in [0.25, 0.3) is 11.6 Å². The molecule has 0 aliphatic heterocycles. The Kier molecular flexibility index (Phi) is 4.67. The monoisotopic (exact) mass is 393 g/mol. The summed E-state index contributed by atoms with van der Waals surface area (Å²) in [4.78, 5) is 21.0. The van der Waals surface area contributed by atoms with Crippen molar-refractivity contribution >= 4 is 29.0 Å². The van der Waals surface area contributed by atoms with Crippen LogP contribution in [0.25, 0.3) is 5.65 Å². The first kappa shape index (κ1) is 17.9. The first-order valence-electron chi connectivity index (χ1n) is 8.57. The first-order chi connectivity index (χ1) is 13.5. The molecule has 0 saturated heterocycles. The molecule has 1 N–H and O–H groups in total. The average Bonchev–Trinajstić information content (AvgIpc) is 2.97. The van der Waals surface area contributed by atoms with Gasteiger partial charge in [0.1, 0.15) is 23.4 Å². The van der Waals surface area contributed by atoms with E-state index in [0.717, 1.165) is 11.1 Å². The normalized spacial score (nSPS) is 10.9. The van der Waals surface area contributed by atoms with Crippen molar-refractivity contribution in [2.45, 2.75) is 13.5 Å². The molecule has 4 aromatic heterocycles. The first-order valence-corrected chi connectivity index (χ1v) is 8.95. The number of carbonyl (C=O) groups excluding carboxylic acids is 1. The third-order valence-electron chi connectivity index (χ3n) is 4.30. The largest absolute Gasteiger partial charge is 0.839 e. The quantitative estimate of drug-likeness (QED) is 0.426. The Bertz CT molecular complexity index is 1150. The van der Waals surface area contributed by atoms with E-state index in [4.69, 9.17) is 11.6 Å². The van der Waals surface area contributed by atoms with Gasteiger partial charge in [0.05, 0.1) is 6.20 Å². The summed E-state index contributed by atoms with van der Waals surface area (Å²) in [6.45, 7) is 2.18. The highest BCUT2D eigenvalue weighted by Crippen LogP contribution is 2.17. The number of pyridine rings is 3. The summed E-state index contributed by atoms with van der Waals surface area (Å²) >= 11 is 5.83. The van der Waals surface area contributed by atoms with Crippen molar-refractivity contribution in [3.8, 4) is 5.88 Å². The van der Waals surface area contributed by atoms with Crippen molar-refractivity contribution in [3.63, 3.8) is 0 Å². The van der Waals surface area contributed by atoms with Crippen LogP contribution in [-0.4, -0.2) is 20.3 Å². The smallest absolute Gasteiger partial charge is 0.300 e. The Balaban J connectivity index is 1.74. The molecule has 0 aliphatic rings. The van der Waals surface area contributed by atoms with Gasteiger partial charge in [0.15, 0.2) is 0 Å². The standard InChI is InChI=1S/C20H16ClN5O2/c1-13-5-8-16(23-10-13)24-19(27)18-20(28)26(17-4-2-3-9-25(17)18)12-14-6-7-15(21)22-11-14/h2-11H,12H2,1H3,(H-,23,24,27,28). The number of imidazole rings is 1. The second kappa shape index (κ2) is 7.28. The number of fused-ring (bicyclic) bond motifs is 1. The molecule has 0 fully saturated rings. The summed E-state index contributed by atoms with van der Waals surface area (Å²) in [6.07, 6.45) is 4.94. The summed E-state index contributed by atoms with van der Waals surface area (Å²) < 4.78 is 3.11. The minimum absolute atomic E-state index is 0.0138. The molecule has 0 unspecified atom stereocenters. The van der Waals surface area contributed by atoms with E-state index in [2.05, 4.69) is 15.3 Å². The van der Waals surface area contributed by atoms with Gasteiger partial charge < -0.3 is 10.4 Å². The predicted octanol–water partition coefficient (Wildman–Crippen LogP) is 2.35. The maximum absolute atomic E-state index is 13.1. The highest BCUT2D eigenvalue weighted by atomic mass is 35.5. The zero-order chi connectivity index (χ0) is 19.7. The molecule has 0 saturated carbocycles. The van der Waals surface area contributed by atoms with Crippen LogP contribution in [0.15, 0.2) is 61.1 Å². The number of hydrogen-bond donors (Lipinski definition) is 1. The Hall–Kier alpha value is -3.45. The molecular weight excluding hydrogens is 378 g/mol. The van der Waals surface area contributed by atoms with Crippen molar-refractivity contribution in [2.75, 3.05) is 5.32 Å². The number of amides is 1. The molecule has 8 heteroatoms. The van der Waals surface area contributed by atoms with E-state index in [9.17, 15) is 9.90 Å². The van der Waals surface area contributed by atoms with Gasteiger partial charge in [-0.3, -0.25) is 4.79 Å². The lowest BCUT2D eigenvalue weighted by Crippen LogP contribution is -2.37. The molecule has 140 valence electrons. The van der Waals surface area contributed by atoms with Crippen LogP contribution >= 0.6 is 11.6 Å². The lowest BCUT2D eigenvalue weighted by atomic mass is 10.3. The van der Waals surface area contributed by atoms with Gasteiger partial charge >= 0.3 is 0 Å². The van der Waals surface area contributed by atoms with Crippen molar-refractivity contribution in [1.29, 1.82) is 0 Å². The second-order valence-corrected chi connectivity index (χ2v) is 6.72. The minimum Gasteiger partial charge on any atom is -0.839 e. The molecule has 4 rings (SSSR count). The lowest BCUT2D eigenvalue weighted by Gasteiger charge is -2.07. The van der Waals surface area contributed by atoms with Crippen LogP contribution in [0.3, 0.4) is 0 Å². The Morgan fingerprint density at radius 1 is 1.18 bits per heavy atom. The molecule has 4 aromatic rings. The zero-order valence-corrected chi connectivity index (χ0v) is 15.7. The number of aromatic nitrogens is 4. The van der Waals surface area contributed by atoms with Crippen molar-refractivity contribution in [3.05, 3.63) is 83.0 Å². The number of hydrogen-bond acceptors (Lipinski definition) is 4. The predicted molar refractivity (Wildman–Crippen MR) is 102 cm³/mol. The topological polar surface area (TPSA) is 86.2 Å². The molecule has 1 amide bonds. The maximum Gasteiger partial charge on any atom is 0.300 e. The minimum atomic E-state index is -0.518. The van der Waals surface area contributed by atoms with Crippen molar-refractivity contribution in [2.24, 2.45) is 0 Å². The van der Waals surface area contributed by atoms with Crippen molar-refractivity contribution < 1.29 is 14.5 Å². The van der Waals surface area contributed by atoms with E-state index in [0.29, 0.717) is 16.6 Å². The summed E-state index contributed by atoms with van der Waals surface area (Å²) in [5, 5.41) is 16.1. The molecular formula is C20H16ClN5O2. The third kappa shape index (κ3) is 3.39. The number of carbonyl (C=O) groups is 1. The van der Waals surface area contributed by atoms with Crippen LogP contribution in [0.1, 0.15) is 21.6 Å². The molecule has 0 radical (unpaired) electrons. The van der Waals surface area contributed by atoms with Gasteiger partial charge in [-0.15, -0.1) is 0 Å². The molecule has 0 bridgehead atoms. The van der Waals surface area contributed by atoms with Crippen LogP contribution in [-0.2, 0) is 6.54 Å². The zero-order valence-electron chi connectivity index (χ0n) is 15.0. The molecule has 0 atom stereocenters. The highest BCUT2D eigenvalue weighted by Gasteiger charge is 2.25. The number of nitrogens with one attached hydrogen (secondary N) is 1. The van der Waals surface area contributed by atoms with E-state index in [1.807, 2.05) is 19.1 Å². The van der Waals surface area contributed by atoms with Crippen molar-refractivity contribution in [1.82, 2.24) is 14.4 Å². The number of rotatable bonds is 4. The van der Waals surface area contributed by atoms with Crippen LogP contribution in [0, 0.1) is 6.92 Å². The summed E-state index contributed by atoms with van der Waals surface area (Å²) in [7, 11) is 0.